The number of ether oxygens (including phenoxy) is 1. The minimum atomic E-state index is -0.326. The van der Waals surface area contributed by atoms with Crippen LogP contribution in [0.5, 0.6) is 5.75 Å². The molecular weight excluding hydrogens is 385 g/mol. The van der Waals surface area contributed by atoms with E-state index in [0.29, 0.717) is 30.4 Å². The zero-order valence-electron chi connectivity index (χ0n) is 17.0. The van der Waals surface area contributed by atoms with Crippen molar-refractivity contribution in [3.05, 3.63) is 65.8 Å². The lowest BCUT2D eigenvalue weighted by molar-refractivity contribution is -0.129. The molecule has 7 heteroatoms. The number of hydrogen-bond acceptors (Lipinski definition) is 5. The first kappa shape index (κ1) is 20.1. The van der Waals surface area contributed by atoms with Crippen LogP contribution in [0, 0.1) is 5.82 Å². The van der Waals surface area contributed by atoms with E-state index >= 15 is 0 Å². The third kappa shape index (κ3) is 4.67. The van der Waals surface area contributed by atoms with Gasteiger partial charge in [-0.05, 0) is 42.0 Å². The van der Waals surface area contributed by atoms with Crippen LogP contribution in [0.25, 0.3) is 11.4 Å². The second-order valence-corrected chi connectivity index (χ2v) is 7.81. The van der Waals surface area contributed by atoms with Gasteiger partial charge in [0.2, 0.25) is 17.6 Å². The van der Waals surface area contributed by atoms with Crippen LogP contribution < -0.4 is 4.74 Å². The maximum absolute atomic E-state index is 13.3. The van der Waals surface area contributed by atoms with Crippen LogP contribution >= 0.6 is 0 Å². The van der Waals surface area contributed by atoms with E-state index in [1.807, 2.05) is 38.1 Å². The maximum atomic E-state index is 13.3. The number of hydrogen-bond donors (Lipinski definition) is 0. The molecule has 2 aromatic carbocycles. The number of nitrogens with zero attached hydrogens (tertiary/aromatic N) is 3. The van der Waals surface area contributed by atoms with Crippen molar-refractivity contribution in [2.45, 2.75) is 38.7 Å². The molecule has 1 atom stereocenters. The van der Waals surface area contributed by atoms with Gasteiger partial charge in [0, 0.05) is 24.4 Å². The molecule has 1 amide bonds. The summed E-state index contributed by atoms with van der Waals surface area (Å²) in [4.78, 5) is 18.7. The van der Waals surface area contributed by atoms with Gasteiger partial charge in [-0.3, -0.25) is 4.79 Å². The smallest absolute Gasteiger partial charge is 0.229 e. The van der Waals surface area contributed by atoms with Crippen molar-refractivity contribution in [1.82, 2.24) is 15.0 Å². The summed E-state index contributed by atoms with van der Waals surface area (Å²) in [6.07, 6.45) is 0.895. The third-order valence-electron chi connectivity index (χ3n) is 5.09. The molecule has 156 valence electrons. The summed E-state index contributed by atoms with van der Waals surface area (Å²) in [5.41, 5.74) is 1.54. The Morgan fingerprint density at radius 3 is 2.77 bits per heavy atom. The van der Waals surface area contributed by atoms with Crippen molar-refractivity contribution in [2.75, 3.05) is 13.1 Å². The van der Waals surface area contributed by atoms with E-state index in [1.54, 1.807) is 17.0 Å². The second-order valence-electron chi connectivity index (χ2n) is 7.81. The van der Waals surface area contributed by atoms with Crippen LogP contribution in [-0.2, 0) is 11.2 Å². The zero-order chi connectivity index (χ0) is 21.1. The van der Waals surface area contributed by atoms with E-state index in [0.717, 1.165) is 17.7 Å². The van der Waals surface area contributed by atoms with Crippen LogP contribution in [-0.4, -0.2) is 40.1 Å². The summed E-state index contributed by atoms with van der Waals surface area (Å²) in [5.74, 6) is 1.74. The average Bonchev–Trinajstić information content (AvgIpc) is 3.39. The molecule has 0 aliphatic carbocycles. The molecule has 2 heterocycles. The highest BCUT2D eigenvalue weighted by molar-refractivity contribution is 5.79. The summed E-state index contributed by atoms with van der Waals surface area (Å²) < 4.78 is 24.6. The number of carbonyl (C=O) groups is 1. The first-order chi connectivity index (χ1) is 14.5. The molecular formula is C23H24FN3O3. The van der Waals surface area contributed by atoms with Crippen LogP contribution in [0.3, 0.4) is 0 Å². The average molecular weight is 409 g/mol. The molecule has 4 rings (SSSR count). The molecule has 6 nitrogen and oxygen atoms in total. The SMILES string of the molecule is CC(C)c1nc(-c2ccc(OC3CCN(C(=O)Cc4cccc(F)c4)C3)cc2)no1. The van der Waals surface area contributed by atoms with Gasteiger partial charge in [-0.15, -0.1) is 0 Å². The van der Waals surface area contributed by atoms with E-state index in [9.17, 15) is 9.18 Å². The van der Waals surface area contributed by atoms with Crippen LogP contribution in [0.2, 0.25) is 0 Å². The first-order valence-corrected chi connectivity index (χ1v) is 10.1. The highest BCUT2D eigenvalue weighted by Gasteiger charge is 2.27. The lowest BCUT2D eigenvalue weighted by Crippen LogP contribution is -2.32. The fourth-order valence-electron chi connectivity index (χ4n) is 3.45. The largest absolute Gasteiger partial charge is 0.489 e. The number of carbonyl (C=O) groups excluding carboxylic acids is 1. The van der Waals surface area contributed by atoms with Gasteiger partial charge in [0.1, 0.15) is 17.7 Å². The van der Waals surface area contributed by atoms with Crippen LogP contribution in [0.15, 0.2) is 53.1 Å². The molecule has 0 saturated carbocycles. The molecule has 1 aromatic heterocycles. The van der Waals surface area contributed by atoms with Gasteiger partial charge in [0.05, 0.1) is 13.0 Å². The Morgan fingerprint density at radius 1 is 1.27 bits per heavy atom. The molecule has 1 aliphatic rings. The lowest BCUT2D eigenvalue weighted by atomic mass is 10.1. The molecule has 1 saturated heterocycles. The quantitative estimate of drug-likeness (QED) is 0.610. The Morgan fingerprint density at radius 2 is 2.07 bits per heavy atom. The van der Waals surface area contributed by atoms with Crippen molar-refractivity contribution >= 4 is 5.91 Å². The Labute approximate surface area is 174 Å². The summed E-state index contributed by atoms with van der Waals surface area (Å²) in [5, 5.41) is 4.02. The predicted molar refractivity (Wildman–Crippen MR) is 110 cm³/mol. The third-order valence-corrected chi connectivity index (χ3v) is 5.09. The Hall–Kier alpha value is -3.22. The van der Waals surface area contributed by atoms with Crippen LogP contribution in [0.4, 0.5) is 4.39 Å². The Kier molecular flexibility index (Phi) is 5.79. The molecule has 1 unspecified atom stereocenters. The minimum Gasteiger partial charge on any atom is -0.489 e. The van der Waals surface area contributed by atoms with E-state index < -0.39 is 0 Å². The standard InChI is InChI=1S/C23H24FN3O3/c1-15(2)23-25-22(26-30-23)17-6-8-19(9-7-17)29-20-10-11-27(14-20)21(28)13-16-4-3-5-18(24)12-16/h3-9,12,15,20H,10-11,13-14H2,1-2H3. The van der Waals surface area contributed by atoms with Crippen molar-refractivity contribution in [3.63, 3.8) is 0 Å². The van der Waals surface area contributed by atoms with Gasteiger partial charge >= 0.3 is 0 Å². The number of aromatic nitrogens is 2. The van der Waals surface area contributed by atoms with Gasteiger partial charge in [-0.2, -0.15) is 4.98 Å². The Balaban J connectivity index is 1.32. The summed E-state index contributed by atoms with van der Waals surface area (Å²) >= 11 is 0. The van der Waals surface area contributed by atoms with E-state index in [-0.39, 0.29) is 30.2 Å². The van der Waals surface area contributed by atoms with E-state index in [1.165, 1.54) is 12.1 Å². The van der Waals surface area contributed by atoms with E-state index in [2.05, 4.69) is 10.1 Å². The molecule has 3 aromatic rings. The van der Waals surface area contributed by atoms with Crippen LogP contribution in [0.1, 0.15) is 37.6 Å². The molecule has 0 N–H and O–H groups in total. The number of halogens is 1. The zero-order valence-corrected chi connectivity index (χ0v) is 17.0. The number of likely N-dealkylation sites (tertiary alicyclic amines) is 1. The molecule has 0 spiro atoms. The second kappa shape index (κ2) is 8.65. The topological polar surface area (TPSA) is 68.5 Å². The van der Waals surface area contributed by atoms with Gasteiger partial charge in [-0.1, -0.05) is 31.1 Å². The van der Waals surface area contributed by atoms with Crippen molar-refractivity contribution in [1.29, 1.82) is 0 Å². The van der Waals surface area contributed by atoms with Gasteiger partial charge in [0.25, 0.3) is 0 Å². The monoisotopic (exact) mass is 409 g/mol. The highest BCUT2D eigenvalue weighted by atomic mass is 19.1. The first-order valence-electron chi connectivity index (χ1n) is 10.1. The number of amides is 1. The normalized spacial score (nSPS) is 16.3. The van der Waals surface area contributed by atoms with Gasteiger partial charge < -0.3 is 14.2 Å². The summed E-state index contributed by atoms with van der Waals surface area (Å²) in [6.45, 7) is 5.17. The van der Waals surface area contributed by atoms with Crippen molar-refractivity contribution < 1.29 is 18.4 Å². The summed E-state index contributed by atoms with van der Waals surface area (Å²) in [7, 11) is 0. The molecule has 0 bridgehead atoms. The fourth-order valence-corrected chi connectivity index (χ4v) is 3.45. The Bertz CT molecular complexity index is 1020. The molecule has 0 radical (unpaired) electrons. The number of benzene rings is 2. The number of rotatable bonds is 6. The molecule has 30 heavy (non-hydrogen) atoms. The van der Waals surface area contributed by atoms with Crippen molar-refractivity contribution in [3.8, 4) is 17.1 Å². The van der Waals surface area contributed by atoms with Gasteiger partial charge in [0.15, 0.2) is 0 Å². The molecule has 1 aliphatic heterocycles. The maximum Gasteiger partial charge on any atom is 0.229 e. The highest BCUT2D eigenvalue weighted by Crippen LogP contribution is 2.24. The minimum absolute atomic E-state index is 0.0138. The predicted octanol–water partition coefficient (Wildman–Crippen LogP) is 4.22. The summed E-state index contributed by atoms with van der Waals surface area (Å²) in [6, 6.07) is 13.7. The molecule has 1 fully saturated rings. The van der Waals surface area contributed by atoms with E-state index in [4.69, 9.17) is 9.26 Å². The fraction of sp³-hybridized carbons (Fsp3) is 0.348. The lowest BCUT2D eigenvalue weighted by Gasteiger charge is -2.17. The van der Waals surface area contributed by atoms with Gasteiger partial charge in [-0.25, -0.2) is 4.39 Å². The van der Waals surface area contributed by atoms with Crippen molar-refractivity contribution in [2.24, 2.45) is 0 Å².